The Hall–Kier alpha value is -3.22. The highest BCUT2D eigenvalue weighted by Crippen LogP contribution is 2.38. The molecule has 2 amide bonds. The van der Waals surface area contributed by atoms with Crippen molar-refractivity contribution < 1.29 is 14.3 Å². The van der Waals surface area contributed by atoms with E-state index in [4.69, 9.17) is 16.3 Å². The molecule has 0 aromatic heterocycles. The molecule has 4 rings (SSSR count). The molecular formula is C27H25ClN2O3S. The Morgan fingerprint density at radius 2 is 1.68 bits per heavy atom. The van der Waals surface area contributed by atoms with Gasteiger partial charge in [-0.3, -0.25) is 9.59 Å². The number of hydrogen-bond acceptors (Lipinski definition) is 5. The number of carbonyl (C=O) groups excluding carboxylic acids is 2. The summed E-state index contributed by atoms with van der Waals surface area (Å²) in [5.41, 5.74) is 3.32. The standard InChI is InChI=1S/C27H25ClN2O3S/c1-3-29(4-2)23-13-10-20(24(17-23)33-18-19-8-6-5-7-9-19)16-25-26(31)30(27(32)34-25)22-14-11-21(28)12-15-22/h5-17H,3-4,18H2,1-2H3/b25-16-. The van der Waals surface area contributed by atoms with Crippen molar-refractivity contribution in [3.8, 4) is 5.75 Å². The highest BCUT2D eigenvalue weighted by Gasteiger charge is 2.36. The van der Waals surface area contributed by atoms with Crippen molar-refractivity contribution in [2.24, 2.45) is 0 Å². The smallest absolute Gasteiger partial charge is 0.298 e. The van der Waals surface area contributed by atoms with Gasteiger partial charge in [0.1, 0.15) is 12.4 Å². The monoisotopic (exact) mass is 492 g/mol. The van der Waals surface area contributed by atoms with Crippen LogP contribution in [0.5, 0.6) is 5.75 Å². The topological polar surface area (TPSA) is 49.9 Å². The van der Waals surface area contributed by atoms with E-state index in [1.165, 1.54) is 4.90 Å². The summed E-state index contributed by atoms with van der Waals surface area (Å²) in [5, 5.41) is 0.199. The maximum Gasteiger partial charge on any atom is 0.298 e. The van der Waals surface area contributed by atoms with Crippen LogP contribution in [0, 0.1) is 0 Å². The van der Waals surface area contributed by atoms with Crippen LogP contribution in [0.25, 0.3) is 6.08 Å². The SMILES string of the molecule is CCN(CC)c1ccc(/C=C2\SC(=O)N(c3ccc(Cl)cc3)C2=O)c(OCc2ccccc2)c1. The molecule has 1 aliphatic rings. The third kappa shape index (κ3) is 5.29. The molecule has 0 atom stereocenters. The van der Waals surface area contributed by atoms with Crippen molar-refractivity contribution in [3.63, 3.8) is 0 Å². The number of benzene rings is 3. The lowest BCUT2D eigenvalue weighted by Gasteiger charge is -2.22. The van der Waals surface area contributed by atoms with Gasteiger partial charge in [0, 0.05) is 35.4 Å². The molecule has 7 heteroatoms. The first-order valence-electron chi connectivity index (χ1n) is 11.1. The number of thioether (sulfide) groups is 1. The number of hydrogen-bond donors (Lipinski definition) is 0. The Morgan fingerprint density at radius 1 is 0.971 bits per heavy atom. The lowest BCUT2D eigenvalue weighted by molar-refractivity contribution is -0.113. The first-order chi connectivity index (χ1) is 16.5. The van der Waals surface area contributed by atoms with E-state index in [1.807, 2.05) is 48.5 Å². The average molecular weight is 493 g/mol. The van der Waals surface area contributed by atoms with Crippen LogP contribution in [-0.4, -0.2) is 24.2 Å². The van der Waals surface area contributed by atoms with Crippen LogP contribution >= 0.6 is 23.4 Å². The van der Waals surface area contributed by atoms with E-state index in [9.17, 15) is 9.59 Å². The maximum atomic E-state index is 13.1. The molecule has 0 bridgehead atoms. The van der Waals surface area contributed by atoms with E-state index in [1.54, 1.807) is 30.3 Å². The van der Waals surface area contributed by atoms with E-state index in [0.717, 1.165) is 41.7 Å². The summed E-state index contributed by atoms with van der Waals surface area (Å²) >= 11 is 6.87. The number of amides is 2. The van der Waals surface area contributed by atoms with Gasteiger partial charge < -0.3 is 9.64 Å². The van der Waals surface area contributed by atoms with Crippen molar-refractivity contribution in [1.29, 1.82) is 0 Å². The molecular weight excluding hydrogens is 468 g/mol. The number of carbonyl (C=O) groups is 2. The van der Waals surface area contributed by atoms with Gasteiger partial charge in [0.2, 0.25) is 0 Å². The minimum atomic E-state index is -0.362. The first kappa shape index (κ1) is 23.9. The third-order valence-corrected chi connectivity index (χ3v) is 6.65. The molecule has 1 fully saturated rings. The summed E-state index contributed by atoms with van der Waals surface area (Å²) in [6.45, 7) is 6.35. The molecule has 1 saturated heterocycles. The Kier molecular flexibility index (Phi) is 7.60. The third-order valence-electron chi connectivity index (χ3n) is 5.53. The molecule has 1 aliphatic heterocycles. The molecule has 34 heavy (non-hydrogen) atoms. The van der Waals surface area contributed by atoms with Gasteiger partial charge in [0.05, 0.1) is 10.6 Å². The van der Waals surface area contributed by atoms with Crippen molar-refractivity contribution >= 4 is 52.0 Å². The van der Waals surface area contributed by atoms with E-state index in [2.05, 4.69) is 18.7 Å². The van der Waals surface area contributed by atoms with Crippen molar-refractivity contribution in [2.75, 3.05) is 22.9 Å². The zero-order chi connectivity index (χ0) is 24.1. The van der Waals surface area contributed by atoms with Crippen molar-refractivity contribution in [2.45, 2.75) is 20.5 Å². The first-order valence-corrected chi connectivity index (χ1v) is 12.3. The summed E-state index contributed by atoms with van der Waals surface area (Å²) in [6.07, 6.45) is 1.73. The average Bonchev–Trinajstić information content (AvgIpc) is 3.13. The maximum absolute atomic E-state index is 13.1. The van der Waals surface area contributed by atoms with Gasteiger partial charge in [-0.1, -0.05) is 41.9 Å². The second-order valence-electron chi connectivity index (χ2n) is 7.66. The summed E-state index contributed by atoms with van der Waals surface area (Å²) in [5.74, 6) is 0.297. The summed E-state index contributed by atoms with van der Waals surface area (Å²) < 4.78 is 6.20. The predicted octanol–water partition coefficient (Wildman–Crippen LogP) is 7.01. The lowest BCUT2D eigenvalue weighted by atomic mass is 10.1. The second kappa shape index (κ2) is 10.8. The van der Waals surface area contributed by atoms with Gasteiger partial charge in [0.25, 0.3) is 11.1 Å². The predicted molar refractivity (Wildman–Crippen MR) is 141 cm³/mol. The van der Waals surface area contributed by atoms with E-state index in [0.29, 0.717) is 28.0 Å². The number of ether oxygens (including phenoxy) is 1. The van der Waals surface area contributed by atoms with Crippen molar-refractivity contribution in [1.82, 2.24) is 0 Å². The summed E-state index contributed by atoms with van der Waals surface area (Å²) in [4.78, 5) is 29.5. The Bertz CT molecular complexity index is 1210. The van der Waals surface area contributed by atoms with Crippen LogP contribution in [0.1, 0.15) is 25.0 Å². The molecule has 0 aliphatic carbocycles. The van der Waals surface area contributed by atoms with E-state index >= 15 is 0 Å². The Labute approximate surface area is 209 Å². The van der Waals surface area contributed by atoms with Crippen LogP contribution < -0.4 is 14.5 Å². The molecule has 0 radical (unpaired) electrons. The molecule has 0 N–H and O–H groups in total. The number of imide groups is 1. The van der Waals surface area contributed by atoms with Crippen LogP contribution in [0.3, 0.4) is 0 Å². The van der Waals surface area contributed by atoms with Crippen molar-refractivity contribution in [3.05, 3.63) is 93.9 Å². The summed E-state index contributed by atoms with van der Waals surface area (Å²) in [6, 6.07) is 22.5. The van der Waals surface area contributed by atoms with E-state index < -0.39 is 0 Å². The zero-order valence-corrected chi connectivity index (χ0v) is 20.6. The van der Waals surface area contributed by atoms with Crippen LogP contribution in [0.2, 0.25) is 5.02 Å². The number of nitrogens with zero attached hydrogens (tertiary/aromatic N) is 2. The van der Waals surface area contributed by atoms with Crippen LogP contribution in [0.4, 0.5) is 16.2 Å². The largest absolute Gasteiger partial charge is 0.488 e. The van der Waals surface area contributed by atoms with Gasteiger partial charge in [-0.25, -0.2) is 4.90 Å². The highest BCUT2D eigenvalue weighted by atomic mass is 35.5. The zero-order valence-electron chi connectivity index (χ0n) is 19.0. The molecule has 0 spiro atoms. The molecule has 0 unspecified atom stereocenters. The summed E-state index contributed by atoms with van der Waals surface area (Å²) in [7, 11) is 0. The molecule has 5 nitrogen and oxygen atoms in total. The Morgan fingerprint density at radius 3 is 2.35 bits per heavy atom. The molecule has 1 heterocycles. The van der Waals surface area contributed by atoms with Gasteiger partial charge in [-0.05, 0) is 73.6 Å². The fraction of sp³-hybridized carbons (Fsp3) is 0.185. The minimum Gasteiger partial charge on any atom is -0.488 e. The number of rotatable bonds is 8. The lowest BCUT2D eigenvalue weighted by Crippen LogP contribution is -2.27. The molecule has 3 aromatic rings. The van der Waals surface area contributed by atoms with Crippen LogP contribution in [-0.2, 0) is 11.4 Å². The van der Waals surface area contributed by atoms with Gasteiger partial charge in [-0.15, -0.1) is 0 Å². The van der Waals surface area contributed by atoms with Gasteiger partial charge in [-0.2, -0.15) is 0 Å². The number of anilines is 2. The molecule has 0 saturated carbocycles. The molecule has 3 aromatic carbocycles. The van der Waals surface area contributed by atoms with Gasteiger partial charge in [0.15, 0.2) is 0 Å². The number of halogens is 1. The minimum absolute atomic E-state index is 0.343. The fourth-order valence-corrected chi connectivity index (χ4v) is 4.67. The molecule has 174 valence electrons. The van der Waals surface area contributed by atoms with E-state index in [-0.39, 0.29) is 11.1 Å². The Balaban J connectivity index is 1.66. The van der Waals surface area contributed by atoms with Gasteiger partial charge >= 0.3 is 0 Å². The fourth-order valence-electron chi connectivity index (χ4n) is 3.71. The second-order valence-corrected chi connectivity index (χ2v) is 9.09. The highest BCUT2D eigenvalue weighted by molar-refractivity contribution is 8.19. The normalized spacial score (nSPS) is 14.7. The quantitative estimate of drug-likeness (QED) is 0.317. The van der Waals surface area contributed by atoms with Crippen LogP contribution in [0.15, 0.2) is 77.7 Å².